The number of carbonyl (C=O) groups is 1. The van der Waals surface area contributed by atoms with Crippen LogP contribution in [0.3, 0.4) is 0 Å². The minimum Gasteiger partial charge on any atom is -0.455 e. The molecule has 9 nitrogen and oxygen atoms in total. The Morgan fingerprint density at radius 1 is 1.31 bits per heavy atom. The van der Waals surface area contributed by atoms with E-state index >= 15 is 0 Å². The molecule has 0 saturated carbocycles. The van der Waals surface area contributed by atoms with Gasteiger partial charge < -0.3 is 9.15 Å². The summed E-state index contributed by atoms with van der Waals surface area (Å²) in [7, 11) is 0. The van der Waals surface area contributed by atoms with Crippen LogP contribution in [0.15, 0.2) is 45.9 Å². The summed E-state index contributed by atoms with van der Waals surface area (Å²) in [6, 6.07) is 7.99. The lowest BCUT2D eigenvalue weighted by atomic mass is 10.1. The van der Waals surface area contributed by atoms with E-state index in [0.717, 1.165) is 0 Å². The standard InChI is InChI=1S/C16H11N5O4S/c1-9-6-13(22)21-16(18-9)26-12(20-21)7-24-15(23)11-4-2-10(3-5-11)14-19-17-8-25-14/h2-6,8H,7H2,1H3. The van der Waals surface area contributed by atoms with Crippen molar-refractivity contribution in [2.45, 2.75) is 13.5 Å². The highest BCUT2D eigenvalue weighted by Crippen LogP contribution is 2.18. The topological polar surface area (TPSA) is 112 Å². The fourth-order valence-electron chi connectivity index (χ4n) is 2.28. The molecule has 3 aromatic heterocycles. The molecule has 0 aliphatic heterocycles. The maximum atomic E-state index is 12.2. The molecular formula is C16H11N5O4S. The van der Waals surface area contributed by atoms with E-state index in [2.05, 4.69) is 20.3 Å². The first-order valence-corrected chi connectivity index (χ1v) is 8.32. The van der Waals surface area contributed by atoms with Crippen LogP contribution in [0.5, 0.6) is 0 Å². The lowest BCUT2D eigenvalue weighted by Gasteiger charge is -2.02. The number of esters is 1. The van der Waals surface area contributed by atoms with E-state index in [1.807, 2.05) is 0 Å². The zero-order valence-electron chi connectivity index (χ0n) is 13.4. The van der Waals surface area contributed by atoms with Crippen LogP contribution in [0.1, 0.15) is 21.1 Å². The summed E-state index contributed by atoms with van der Waals surface area (Å²) in [4.78, 5) is 28.7. The quantitative estimate of drug-likeness (QED) is 0.501. The number of hydrogen-bond acceptors (Lipinski definition) is 9. The van der Waals surface area contributed by atoms with Crippen LogP contribution in [0, 0.1) is 6.92 Å². The summed E-state index contributed by atoms with van der Waals surface area (Å²) in [5.74, 6) is -0.134. The highest BCUT2D eigenvalue weighted by molar-refractivity contribution is 7.16. The molecule has 0 fully saturated rings. The van der Waals surface area contributed by atoms with Gasteiger partial charge in [-0.1, -0.05) is 11.3 Å². The molecule has 0 atom stereocenters. The van der Waals surface area contributed by atoms with E-state index in [1.54, 1.807) is 31.2 Å². The van der Waals surface area contributed by atoms with Gasteiger partial charge in [0.05, 0.1) is 5.56 Å². The number of carbonyl (C=O) groups excluding carboxylic acids is 1. The number of aromatic nitrogens is 5. The highest BCUT2D eigenvalue weighted by atomic mass is 32.1. The number of aryl methyl sites for hydroxylation is 1. The SMILES string of the molecule is Cc1cc(=O)n2nc(COC(=O)c3ccc(-c4nnco4)cc3)sc2n1. The van der Waals surface area contributed by atoms with Gasteiger partial charge in [-0.15, -0.1) is 10.2 Å². The molecule has 0 radical (unpaired) electrons. The van der Waals surface area contributed by atoms with Crippen LogP contribution in [0.2, 0.25) is 0 Å². The average Bonchev–Trinajstić information content (AvgIpc) is 3.29. The summed E-state index contributed by atoms with van der Waals surface area (Å²) < 4.78 is 11.5. The van der Waals surface area contributed by atoms with Crippen molar-refractivity contribution in [1.82, 2.24) is 24.8 Å². The van der Waals surface area contributed by atoms with E-state index in [1.165, 1.54) is 28.3 Å². The zero-order valence-corrected chi connectivity index (χ0v) is 14.3. The highest BCUT2D eigenvalue weighted by Gasteiger charge is 2.12. The molecule has 10 heteroatoms. The van der Waals surface area contributed by atoms with Gasteiger partial charge in [-0.25, -0.2) is 9.78 Å². The normalized spacial score (nSPS) is 11.0. The number of ether oxygens (including phenoxy) is 1. The predicted molar refractivity (Wildman–Crippen MR) is 90.7 cm³/mol. The Morgan fingerprint density at radius 2 is 2.12 bits per heavy atom. The van der Waals surface area contributed by atoms with Crippen molar-refractivity contribution in [2.75, 3.05) is 0 Å². The number of fused-ring (bicyclic) bond motifs is 1. The van der Waals surface area contributed by atoms with Gasteiger partial charge >= 0.3 is 5.97 Å². The molecule has 4 aromatic rings. The van der Waals surface area contributed by atoms with E-state index in [9.17, 15) is 9.59 Å². The largest absolute Gasteiger partial charge is 0.455 e. The van der Waals surface area contributed by atoms with Crippen LogP contribution in [-0.2, 0) is 11.3 Å². The van der Waals surface area contributed by atoms with E-state index in [4.69, 9.17) is 9.15 Å². The van der Waals surface area contributed by atoms with Crippen LogP contribution < -0.4 is 5.56 Å². The Labute approximate surface area is 149 Å². The Bertz CT molecular complexity index is 1130. The van der Waals surface area contributed by atoms with Crippen LogP contribution in [0.25, 0.3) is 16.4 Å². The van der Waals surface area contributed by atoms with Gasteiger partial charge in [0.2, 0.25) is 17.2 Å². The second kappa shape index (κ2) is 6.48. The molecule has 130 valence electrons. The monoisotopic (exact) mass is 369 g/mol. The molecule has 0 spiro atoms. The second-order valence-electron chi connectivity index (χ2n) is 5.32. The molecule has 0 amide bonds. The van der Waals surface area contributed by atoms with Crippen LogP contribution in [-0.4, -0.2) is 30.8 Å². The Kier molecular flexibility index (Phi) is 4.01. The van der Waals surface area contributed by atoms with Gasteiger partial charge in [0, 0.05) is 17.3 Å². The average molecular weight is 369 g/mol. The Balaban J connectivity index is 1.47. The third-order valence-corrected chi connectivity index (χ3v) is 4.35. The minimum absolute atomic E-state index is 0.0449. The van der Waals surface area contributed by atoms with Gasteiger partial charge in [-0.2, -0.15) is 9.61 Å². The molecule has 1 aromatic carbocycles. The molecule has 0 N–H and O–H groups in total. The lowest BCUT2D eigenvalue weighted by molar-refractivity contribution is 0.0471. The first kappa shape index (κ1) is 16.1. The van der Waals surface area contributed by atoms with Gasteiger partial charge in [0.25, 0.3) is 5.56 Å². The van der Waals surface area contributed by atoms with E-state index in [-0.39, 0.29) is 12.2 Å². The molecule has 0 bridgehead atoms. The number of benzene rings is 1. The smallest absolute Gasteiger partial charge is 0.338 e. The van der Waals surface area contributed by atoms with Gasteiger partial charge in [-0.05, 0) is 31.2 Å². The van der Waals surface area contributed by atoms with Crippen molar-refractivity contribution >= 4 is 22.3 Å². The molecule has 3 heterocycles. The first-order valence-electron chi connectivity index (χ1n) is 7.50. The van der Waals surface area contributed by atoms with Crippen molar-refractivity contribution in [3.05, 3.63) is 63.3 Å². The molecule has 0 unspecified atom stereocenters. The van der Waals surface area contributed by atoms with Crippen molar-refractivity contribution < 1.29 is 13.9 Å². The van der Waals surface area contributed by atoms with Crippen molar-refractivity contribution in [1.29, 1.82) is 0 Å². The third kappa shape index (κ3) is 3.09. The summed E-state index contributed by atoms with van der Waals surface area (Å²) in [6.07, 6.45) is 1.23. The molecule has 26 heavy (non-hydrogen) atoms. The van der Waals surface area contributed by atoms with E-state index in [0.29, 0.717) is 32.7 Å². The van der Waals surface area contributed by atoms with Crippen LogP contribution in [0.4, 0.5) is 0 Å². The second-order valence-corrected chi connectivity index (χ2v) is 6.36. The summed E-state index contributed by atoms with van der Waals surface area (Å²) >= 11 is 1.20. The number of rotatable bonds is 4. The van der Waals surface area contributed by atoms with Crippen molar-refractivity contribution in [2.24, 2.45) is 0 Å². The van der Waals surface area contributed by atoms with Gasteiger partial charge in [0.1, 0.15) is 6.61 Å². The molecule has 0 saturated heterocycles. The molecule has 4 rings (SSSR count). The van der Waals surface area contributed by atoms with Gasteiger partial charge in [-0.3, -0.25) is 4.79 Å². The van der Waals surface area contributed by atoms with E-state index < -0.39 is 5.97 Å². The maximum Gasteiger partial charge on any atom is 0.338 e. The summed E-state index contributed by atoms with van der Waals surface area (Å²) in [5.41, 5.74) is 1.42. The third-order valence-electron chi connectivity index (χ3n) is 3.47. The van der Waals surface area contributed by atoms with Crippen molar-refractivity contribution in [3.8, 4) is 11.5 Å². The number of nitrogens with zero attached hydrogens (tertiary/aromatic N) is 5. The fraction of sp³-hybridized carbons (Fsp3) is 0.125. The Morgan fingerprint density at radius 3 is 2.85 bits per heavy atom. The fourth-order valence-corrected chi connectivity index (χ4v) is 3.13. The van der Waals surface area contributed by atoms with Gasteiger partial charge in [0.15, 0.2) is 5.01 Å². The molecular weight excluding hydrogens is 358 g/mol. The Hall–Kier alpha value is -3.40. The zero-order chi connectivity index (χ0) is 18.1. The summed E-state index contributed by atoms with van der Waals surface area (Å²) in [5, 5.41) is 12.0. The lowest BCUT2D eigenvalue weighted by Crippen LogP contribution is -2.14. The summed E-state index contributed by atoms with van der Waals surface area (Å²) in [6.45, 7) is 1.69. The minimum atomic E-state index is -0.502. The number of hydrogen-bond donors (Lipinski definition) is 0. The molecule has 0 aliphatic rings. The predicted octanol–water partition coefficient (Wildman–Crippen LogP) is 1.87. The van der Waals surface area contributed by atoms with Crippen molar-refractivity contribution in [3.63, 3.8) is 0 Å². The van der Waals surface area contributed by atoms with Crippen LogP contribution >= 0.6 is 11.3 Å². The first-order chi connectivity index (χ1) is 12.6. The molecule has 0 aliphatic carbocycles. The maximum absolute atomic E-state index is 12.2.